The largest absolute Gasteiger partial charge is 0.507 e. The molecule has 4 rings (SSSR count). The van der Waals surface area contributed by atoms with Crippen molar-refractivity contribution in [3.63, 3.8) is 0 Å². The summed E-state index contributed by atoms with van der Waals surface area (Å²) in [5.74, 6) is 0.101. The van der Waals surface area contributed by atoms with Crippen LogP contribution in [0.25, 0.3) is 10.8 Å². The molecule has 0 amide bonds. The lowest BCUT2D eigenvalue weighted by molar-refractivity contribution is -0.0424. The number of phenolic OH excluding ortho intramolecular Hbond substituents is 1. The molecule has 0 aliphatic carbocycles. The standard InChI is InChI=1S/C21H20N2O5S/c24-20-9-8-19(17-6-1-2-7-18(17)20)23-22-15-4-3-5-16(14-15)29(25,26)13-10-21-27-11-12-28-21/h1-9,14,21,24H,10-13H2. The van der Waals surface area contributed by atoms with Gasteiger partial charge in [0, 0.05) is 17.2 Å². The van der Waals surface area contributed by atoms with Crippen molar-refractivity contribution >= 4 is 32.0 Å². The van der Waals surface area contributed by atoms with Gasteiger partial charge in [-0.25, -0.2) is 8.42 Å². The number of sulfone groups is 1. The minimum Gasteiger partial charge on any atom is -0.507 e. The predicted octanol–water partition coefficient (Wildman–Crippen LogP) is 4.50. The van der Waals surface area contributed by atoms with Gasteiger partial charge in [0.25, 0.3) is 0 Å². The van der Waals surface area contributed by atoms with Crippen molar-refractivity contribution in [1.82, 2.24) is 0 Å². The van der Waals surface area contributed by atoms with Gasteiger partial charge in [-0.3, -0.25) is 0 Å². The molecule has 1 aliphatic heterocycles. The first-order valence-electron chi connectivity index (χ1n) is 9.21. The molecule has 29 heavy (non-hydrogen) atoms. The summed E-state index contributed by atoms with van der Waals surface area (Å²) in [5.41, 5.74) is 1.01. The van der Waals surface area contributed by atoms with Crippen LogP contribution < -0.4 is 0 Å². The van der Waals surface area contributed by atoms with E-state index in [1.54, 1.807) is 36.4 Å². The van der Waals surface area contributed by atoms with Gasteiger partial charge in [-0.15, -0.1) is 5.11 Å². The Morgan fingerprint density at radius 3 is 2.48 bits per heavy atom. The molecule has 8 heteroatoms. The first kappa shape index (κ1) is 19.5. The molecule has 1 fully saturated rings. The topological polar surface area (TPSA) is 97.6 Å². The fraction of sp³-hybridized carbons (Fsp3) is 0.238. The third-order valence-corrected chi connectivity index (χ3v) is 6.39. The number of azo groups is 1. The lowest BCUT2D eigenvalue weighted by Crippen LogP contribution is -2.15. The second-order valence-corrected chi connectivity index (χ2v) is 8.73. The number of hydrogen-bond acceptors (Lipinski definition) is 7. The molecule has 150 valence electrons. The van der Waals surface area contributed by atoms with Gasteiger partial charge in [0.15, 0.2) is 16.1 Å². The van der Waals surface area contributed by atoms with Crippen LogP contribution in [0.2, 0.25) is 0 Å². The van der Waals surface area contributed by atoms with Crippen molar-refractivity contribution in [2.24, 2.45) is 10.2 Å². The predicted molar refractivity (Wildman–Crippen MR) is 109 cm³/mol. The van der Waals surface area contributed by atoms with Gasteiger partial charge in [-0.2, -0.15) is 5.11 Å². The molecular formula is C21H20N2O5S. The fourth-order valence-corrected chi connectivity index (χ4v) is 4.47. The first-order valence-corrected chi connectivity index (χ1v) is 10.9. The highest BCUT2D eigenvalue weighted by molar-refractivity contribution is 7.91. The summed E-state index contributed by atoms with van der Waals surface area (Å²) >= 11 is 0. The molecule has 1 saturated heterocycles. The third-order valence-electron chi connectivity index (χ3n) is 4.64. The first-order chi connectivity index (χ1) is 14.0. The van der Waals surface area contributed by atoms with Crippen LogP contribution in [0.4, 0.5) is 11.4 Å². The van der Waals surface area contributed by atoms with E-state index < -0.39 is 16.1 Å². The average Bonchev–Trinajstić information content (AvgIpc) is 3.26. The number of benzene rings is 3. The minimum atomic E-state index is -3.49. The maximum Gasteiger partial charge on any atom is 0.178 e. The third kappa shape index (κ3) is 4.45. The summed E-state index contributed by atoms with van der Waals surface area (Å²) < 4.78 is 35.8. The van der Waals surface area contributed by atoms with Crippen LogP contribution in [0.5, 0.6) is 5.75 Å². The molecule has 0 spiro atoms. The van der Waals surface area contributed by atoms with Gasteiger partial charge in [0.05, 0.1) is 35.2 Å². The SMILES string of the molecule is O=S(=O)(CCC1OCCO1)c1cccc(N=Nc2ccc(O)c3ccccc23)c1. The van der Waals surface area contributed by atoms with Crippen LogP contribution in [0.15, 0.2) is 75.8 Å². The highest BCUT2D eigenvalue weighted by atomic mass is 32.2. The summed E-state index contributed by atoms with van der Waals surface area (Å²) in [6.45, 7) is 0.985. The Labute approximate surface area is 168 Å². The van der Waals surface area contributed by atoms with E-state index in [0.29, 0.717) is 30.0 Å². The fourth-order valence-electron chi connectivity index (χ4n) is 3.15. The van der Waals surface area contributed by atoms with Crippen LogP contribution in [0.1, 0.15) is 6.42 Å². The number of fused-ring (bicyclic) bond motifs is 1. The van der Waals surface area contributed by atoms with E-state index in [2.05, 4.69) is 10.2 Å². The van der Waals surface area contributed by atoms with Gasteiger partial charge in [-0.05, 0) is 30.3 Å². The van der Waals surface area contributed by atoms with Crippen molar-refractivity contribution < 1.29 is 23.0 Å². The summed E-state index contributed by atoms with van der Waals surface area (Å²) in [6.07, 6.45) is -0.177. The minimum absolute atomic E-state index is 0.0686. The molecule has 1 heterocycles. The highest BCUT2D eigenvalue weighted by Gasteiger charge is 2.21. The van der Waals surface area contributed by atoms with Gasteiger partial charge < -0.3 is 14.6 Å². The van der Waals surface area contributed by atoms with Crippen LogP contribution in [0, 0.1) is 0 Å². The smallest absolute Gasteiger partial charge is 0.178 e. The van der Waals surface area contributed by atoms with Gasteiger partial charge >= 0.3 is 0 Å². The number of nitrogens with zero attached hydrogens (tertiary/aromatic N) is 2. The summed E-state index contributed by atoms with van der Waals surface area (Å²) in [6, 6.07) is 16.9. The zero-order chi connectivity index (χ0) is 20.3. The molecule has 0 atom stereocenters. The summed E-state index contributed by atoms with van der Waals surface area (Å²) in [7, 11) is -3.49. The van der Waals surface area contributed by atoms with E-state index >= 15 is 0 Å². The van der Waals surface area contributed by atoms with E-state index in [-0.39, 0.29) is 22.8 Å². The number of hydrogen-bond donors (Lipinski definition) is 1. The molecule has 3 aromatic carbocycles. The van der Waals surface area contributed by atoms with Crippen molar-refractivity contribution in [3.8, 4) is 5.75 Å². The molecule has 3 aromatic rings. The Kier molecular flexibility index (Phi) is 5.57. The van der Waals surface area contributed by atoms with Crippen LogP contribution in [-0.2, 0) is 19.3 Å². The monoisotopic (exact) mass is 412 g/mol. The lowest BCUT2D eigenvalue weighted by atomic mass is 10.1. The van der Waals surface area contributed by atoms with E-state index in [4.69, 9.17) is 9.47 Å². The molecule has 0 saturated carbocycles. The number of phenols is 1. The molecular weight excluding hydrogens is 392 g/mol. The highest BCUT2D eigenvalue weighted by Crippen LogP contribution is 2.33. The second kappa shape index (κ2) is 8.28. The Morgan fingerprint density at radius 1 is 0.931 bits per heavy atom. The van der Waals surface area contributed by atoms with Crippen molar-refractivity contribution in [1.29, 1.82) is 0 Å². The molecule has 1 aliphatic rings. The Hall–Kier alpha value is -2.81. The Morgan fingerprint density at radius 2 is 1.69 bits per heavy atom. The van der Waals surface area contributed by atoms with E-state index in [0.717, 1.165) is 5.39 Å². The van der Waals surface area contributed by atoms with Crippen molar-refractivity contribution in [2.45, 2.75) is 17.6 Å². The maximum absolute atomic E-state index is 12.6. The van der Waals surface area contributed by atoms with Gasteiger partial charge in [0.2, 0.25) is 0 Å². The quantitative estimate of drug-likeness (QED) is 0.601. The maximum atomic E-state index is 12.6. The number of aromatic hydroxyl groups is 1. The Balaban J connectivity index is 1.55. The van der Waals surface area contributed by atoms with Crippen molar-refractivity contribution in [3.05, 3.63) is 60.7 Å². The lowest BCUT2D eigenvalue weighted by Gasteiger charge is -2.09. The zero-order valence-corrected chi connectivity index (χ0v) is 16.4. The van der Waals surface area contributed by atoms with E-state index in [1.165, 1.54) is 6.07 Å². The zero-order valence-electron chi connectivity index (χ0n) is 15.6. The Bertz CT molecular complexity index is 1150. The normalized spacial score (nSPS) is 15.4. The molecule has 7 nitrogen and oxygen atoms in total. The van der Waals surface area contributed by atoms with Crippen LogP contribution in [0.3, 0.4) is 0 Å². The molecule has 0 radical (unpaired) electrons. The molecule has 1 N–H and O–H groups in total. The summed E-state index contributed by atoms with van der Waals surface area (Å²) in [5, 5.41) is 19.9. The second-order valence-electron chi connectivity index (χ2n) is 6.63. The van der Waals surface area contributed by atoms with Gasteiger partial charge in [-0.1, -0.05) is 30.3 Å². The number of ether oxygens (including phenoxy) is 2. The van der Waals surface area contributed by atoms with Crippen molar-refractivity contribution in [2.75, 3.05) is 19.0 Å². The molecule has 0 aromatic heterocycles. The van der Waals surface area contributed by atoms with Crippen LogP contribution in [-0.4, -0.2) is 38.8 Å². The van der Waals surface area contributed by atoms with Crippen LogP contribution >= 0.6 is 0 Å². The summed E-state index contributed by atoms with van der Waals surface area (Å²) in [4.78, 5) is 0.183. The average molecular weight is 412 g/mol. The van der Waals surface area contributed by atoms with E-state index in [9.17, 15) is 13.5 Å². The van der Waals surface area contributed by atoms with Gasteiger partial charge in [0.1, 0.15) is 5.75 Å². The molecule has 0 unspecified atom stereocenters. The number of rotatable bonds is 6. The molecule has 0 bridgehead atoms. The van der Waals surface area contributed by atoms with E-state index in [1.807, 2.05) is 18.2 Å².